The first-order valence-electron chi connectivity index (χ1n) is 4.81. The van der Waals surface area contributed by atoms with E-state index in [4.69, 9.17) is 5.11 Å². The van der Waals surface area contributed by atoms with Crippen molar-refractivity contribution in [3.63, 3.8) is 0 Å². The number of halogens is 6. The van der Waals surface area contributed by atoms with E-state index in [1.54, 1.807) is 0 Å². The van der Waals surface area contributed by atoms with Crippen molar-refractivity contribution in [2.45, 2.75) is 18.4 Å². The van der Waals surface area contributed by atoms with Gasteiger partial charge in [-0.1, -0.05) is 12.7 Å². The number of carbonyl (C=O) groups is 2. The molecule has 0 unspecified atom stereocenters. The fourth-order valence-electron chi connectivity index (χ4n) is 1.15. The molecule has 0 bridgehead atoms. The molecule has 0 saturated heterocycles. The van der Waals surface area contributed by atoms with Crippen LogP contribution in [0.25, 0.3) is 0 Å². The second kappa shape index (κ2) is 6.48. The first-order chi connectivity index (χ1) is 8.91. The highest BCUT2D eigenvalue weighted by Crippen LogP contribution is 2.41. The number of rotatable bonds is 5. The zero-order valence-electron chi connectivity index (χ0n) is 9.59. The monoisotopic (exact) mass is 309 g/mol. The summed E-state index contributed by atoms with van der Waals surface area (Å²) in [5.74, 6) is -6.76. The number of alkyl halides is 6. The summed E-state index contributed by atoms with van der Waals surface area (Å²) < 4.78 is 78.1. The van der Waals surface area contributed by atoms with Gasteiger partial charge >= 0.3 is 24.4 Å². The molecule has 0 rings (SSSR count). The van der Waals surface area contributed by atoms with E-state index in [1.165, 1.54) is 0 Å². The molecule has 0 fully saturated rings. The van der Waals surface area contributed by atoms with Crippen molar-refractivity contribution in [1.82, 2.24) is 5.32 Å². The number of carbonyl (C=O) groups excluding carboxylic acids is 1. The van der Waals surface area contributed by atoms with Crippen LogP contribution in [0.2, 0.25) is 0 Å². The van der Waals surface area contributed by atoms with Gasteiger partial charge in [-0.25, -0.2) is 9.59 Å². The van der Waals surface area contributed by atoms with E-state index in [-0.39, 0.29) is 0 Å². The normalized spacial score (nSPS) is 13.8. The highest BCUT2D eigenvalue weighted by atomic mass is 19.4. The van der Waals surface area contributed by atoms with Crippen molar-refractivity contribution in [2.75, 3.05) is 6.61 Å². The molecule has 0 aromatic heterocycles. The Balaban J connectivity index is 5.26. The molecule has 0 saturated carbocycles. The number of hydrogen-bond acceptors (Lipinski definition) is 3. The van der Waals surface area contributed by atoms with Gasteiger partial charge in [0.15, 0.2) is 5.92 Å². The number of carboxylic acids is 1. The van der Waals surface area contributed by atoms with Crippen molar-refractivity contribution in [1.29, 1.82) is 0 Å². The predicted octanol–water partition coefficient (Wildman–Crippen LogP) is 2.09. The summed E-state index contributed by atoms with van der Waals surface area (Å²) in [6, 6.07) is -3.26. The lowest BCUT2D eigenvalue weighted by Gasteiger charge is -2.28. The van der Waals surface area contributed by atoms with Gasteiger partial charge in [-0.2, -0.15) is 26.3 Å². The molecule has 20 heavy (non-hydrogen) atoms. The lowest BCUT2D eigenvalue weighted by Crippen LogP contribution is -2.56. The van der Waals surface area contributed by atoms with Crippen molar-refractivity contribution in [2.24, 2.45) is 5.92 Å². The van der Waals surface area contributed by atoms with Crippen LogP contribution in [0.5, 0.6) is 0 Å². The Hall–Kier alpha value is -1.94. The van der Waals surface area contributed by atoms with E-state index in [9.17, 15) is 35.9 Å². The topological polar surface area (TPSA) is 75.6 Å². The minimum Gasteiger partial charge on any atom is -0.480 e. The van der Waals surface area contributed by atoms with Gasteiger partial charge in [-0.3, -0.25) is 0 Å². The van der Waals surface area contributed by atoms with Crippen LogP contribution in [-0.2, 0) is 9.53 Å². The van der Waals surface area contributed by atoms with Crippen LogP contribution in [0, 0.1) is 5.92 Å². The van der Waals surface area contributed by atoms with Crippen LogP contribution in [0.1, 0.15) is 0 Å². The fourth-order valence-corrected chi connectivity index (χ4v) is 1.15. The molecule has 116 valence electrons. The third kappa shape index (κ3) is 5.36. The van der Waals surface area contributed by atoms with Crippen LogP contribution in [0.15, 0.2) is 12.7 Å². The Labute approximate surface area is 108 Å². The number of aliphatic carboxylic acids is 1. The average Bonchev–Trinajstić information content (AvgIpc) is 2.21. The van der Waals surface area contributed by atoms with E-state index in [2.05, 4.69) is 11.3 Å². The quantitative estimate of drug-likeness (QED) is 0.602. The zero-order valence-corrected chi connectivity index (χ0v) is 9.59. The third-order valence-electron chi connectivity index (χ3n) is 1.91. The van der Waals surface area contributed by atoms with Gasteiger partial charge in [-0.15, -0.1) is 0 Å². The Morgan fingerprint density at radius 2 is 1.65 bits per heavy atom. The molecule has 5 nitrogen and oxygen atoms in total. The number of alkyl carbamates (subject to hydrolysis) is 1. The second-order valence-corrected chi connectivity index (χ2v) is 3.41. The number of ether oxygens (including phenoxy) is 1. The summed E-state index contributed by atoms with van der Waals surface area (Å²) >= 11 is 0. The van der Waals surface area contributed by atoms with Crippen LogP contribution in [-0.4, -0.2) is 42.2 Å². The second-order valence-electron chi connectivity index (χ2n) is 3.41. The molecule has 0 aliphatic rings. The first kappa shape index (κ1) is 18.1. The van der Waals surface area contributed by atoms with Gasteiger partial charge in [0.2, 0.25) is 0 Å². The van der Waals surface area contributed by atoms with Crippen LogP contribution in [0.4, 0.5) is 31.1 Å². The Bertz CT molecular complexity index is 364. The number of amides is 1. The summed E-state index contributed by atoms with van der Waals surface area (Å²) in [4.78, 5) is 21.4. The summed E-state index contributed by atoms with van der Waals surface area (Å²) in [6.45, 7) is 2.57. The molecule has 11 heteroatoms. The maximum atomic E-state index is 12.3. The van der Waals surface area contributed by atoms with E-state index >= 15 is 0 Å². The van der Waals surface area contributed by atoms with Gasteiger partial charge in [0.05, 0.1) is 0 Å². The molecule has 0 aromatic rings. The molecule has 2 N–H and O–H groups in total. The van der Waals surface area contributed by atoms with E-state index in [0.29, 0.717) is 0 Å². The van der Waals surface area contributed by atoms with Crippen LogP contribution < -0.4 is 5.32 Å². The molecule has 0 aliphatic heterocycles. The summed E-state index contributed by atoms with van der Waals surface area (Å²) in [5, 5.41) is 9.47. The molecule has 1 atom stereocenters. The Morgan fingerprint density at radius 3 is 1.95 bits per heavy atom. The SMILES string of the molecule is C=CCOC(=O)N[C@@H](C(=O)O)C(C(F)(F)F)C(F)(F)F. The molecule has 0 heterocycles. The molecule has 0 aliphatic carbocycles. The number of hydrogen-bond donors (Lipinski definition) is 2. The predicted molar refractivity (Wildman–Crippen MR) is 51.7 cm³/mol. The molecule has 0 aromatic carbocycles. The molecule has 0 spiro atoms. The van der Waals surface area contributed by atoms with Crippen molar-refractivity contribution in [3.8, 4) is 0 Å². The van der Waals surface area contributed by atoms with E-state index in [1.807, 2.05) is 0 Å². The third-order valence-corrected chi connectivity index (χ3v) is 1.91. The molecular weight excluding hydrogens is 300 g/mol. The van der Waals surface area contributed by atoms with Crippen molar-refractivity contribution in [3.05, 3.63) is 12.7 Å². The van der Waals surface area contributed by atoms with E-state index < -0.39 is 43.0 Å². The largest absolute Gasteiger partial charge is 0.480 e. The van der Waals surface area contributed by atoms with Gasteiger partial charge in [0, 0.05) is 0 Å². The molecule has 1 amide bonds. The minimum atomic E-state index is -5.91. The average molecular weight is 309 g/mol. The highest BCUT2D eigenvalue weighted by Gasteiger charge is 2.62. The number of nitrogens with one attached hydrogen (secondary N) is 1. The smallest absolute Gasteiger partial charge is 0.408 e. The molecular formula is C9H9F6NO4. The Kier molecular flexibility index (Phi) is 5.85. The number of carboxylic acid groups (broad SMARTS) is 1. The summed E-state index contributed by atoms with van der Waals surface area (Å²) in [7, 11) is 0. The Morgan fingerprint density at radius 1 is 1.20 bits per heavy atom. The van der Waals surface area contributed by atoms with Gasteiger partial charge in [0.25, 0.3) is 0 Å². The lowest BCUT2D eigenvalue weighted by molar-refractivity contribution is -0.290. The zero-order chi connectivity index (χ0) is 16.1. The maximum absolute atomic E-state index is 12.3. The summed E-state index contributed by atoms with van der Waals surface area (Å²) in [6.07, 6.45) is -12.6. The minimum absolute atomic E-state index is 0.513. The van der Waals surface area contributed by atoms with Gasteiger partial charge in [0.1, 0.15) is 12.6 Å². The van der Waals surface area contributed by atoms with Crippen LogP contribution in [0.3, 0.4) is 0 Å². The first-order valence-corrected chi connectivity index (χ1v) is 4.81. The van der Waals surface area contributed by atoms with E-state index in [0.717, 1.165) is 11.4 Å². The fraction of sp³-hybridized carbons (Fsp3) is 0.556. The van der Waals surface area contributed by atoms with Crippen LogP contribution >= 0.6 is 0 Å². The standard InChI is InChI=1S/C9H9F6NO4/c1-2-3-20-7(19)16-4(6(17)18)5(8(10,11)12)9(13,14)15/h2,4-5H,1,3H2,(H,16,19)(H,17,18)/t4-/m1/s1. The van der Waals surface area contributed by atoms with Gasteiger partial charge < -0.3 is 15.2 Å². The molecule has 0 radical (unpaired) electrons. The lowest BCUT2D eigenvalue weighted by atomic mass is 9.98. The summed E-state index contributed by atoms with van der Waals surface area (Å²) in [5.41, 5.74) is 0. The van der Waals surface area contributed by atoms with Crippen molar-refractivity contribution >= 4 is 12.1 Å². The highest BCUT2D eigenvalue weighted by molar-refractivity contribution is 5.80. The van der Waals surface area contributed by atoms with Gasteiger partial charge in [-0.05, 0) is 0 Å². The maximum Gasteiger partial charge on any atom is 0.408 e. The van der Waals surface area contributed by atoms with Crippen molar-refractivity contribution < 1.29 is 45.8 Å².